The van der Waals surface area contributed by atoms with Crippen molar-refractivity contribution in [2.24, 2.45) is 0 Å². The summed E-state index contributed by atoms with van der Waals surface area (Å²) in [6.45, 7) is 4.88. The molecule has 9 heteroatoms. The summed E-state index contributed by atoms with van der Waals surface area (Å²) in [6, 6.07) is 15.0. The van der Waals surface area contributed by atoms with Crippen molar-refractivity contribution < 1.29 is 9.18 Å². The SMILES string of the molecule is CCN1CCc2c(sc3nc(SCC(=O)Nc4ccc(F)cc4)n(-c4ccccc4)c(=O)c23)C1. The maximum atomic E-state index is 13.8. The van der Waals surface area contributed by atoms with E-state index in [0.29, 0.717) is 21.9 Å². The van der Waals surface area contributed by atoms with Crippen LogP contribution in [0.4, 0.5) is 10.1 Å². The smallest absolute Gasteiger partial charge is 0.267 e. The molecule has 5 rings (SSSR count). The number of thioether (sulfide) groups is 1. The quantitative estimate of drug-likeness (QED) is 0.311. The van der Waals surface area contributed by atoms with Crippen molar-refractivity contribution in [3.63, 3.8) is 0 Å². The maximum Gasteiger partial charge on any atom is 0.267 e. The van der Waals surface area contributed by atoms with Gasteiger partial charge in [0, 0.05) is 23.7 Å². The number of nitrogens with one attached hydrogen (secondary N) is 1. The summed E-state index contributed by atoms with van der Waals surface area (Å²) in [4.78, 5) is 35.5. The van der Waals surface area contributed by atoms with Crippen LogP contribution in [0.15, 0.2) is 64.5 Å². The summed E-state index contributed by atoms with van der Waals surface area (Å²) >= 11 is 2.79. The topological polar surface area (TPSA) is 67.2 Å². The molecule has 174 valence electrons. The molecular formula is C25H23FN4O2S2. The number of carbonyl (C=O) groups excluding carboxylic acids is 1. The first-order valence-corrected chi connectivity index (χ1v) is 12.9. The average Bonchev–Trinajstić information content (AvgIpc) is 3.22. The number of rotatable bonds is 6. The monoisotopic (exact) mass is 494 g/mol. The fraction of sp³-hybridized carbons (Fsp3) is 0.240. The zero-order chi connectivity index (χ0) is 23.7. The summed E-state index contributed by atoms with van der Waals surface area (Å²) in [5, 5.41) is 3.93. The summed E-state index contributed by atoms with van der Waals surface area (Å²) in [5.74, 6) is -0.552. The van der Waals surface area contributed by atoms with Gasteiger partial charge in [0.1, 0.15) is 10.6 Å². The molecular weight excluding hydrogens is 471 g/mol. The number of likely N-dealkylation sites (N-methyl/N-ethyl adjacent to an activating group) is 1. The average molecular weight is 495 g/mol. The highest BCUT2D eigenvalue weighted by atomic mass is 32.2. The van der Waals surface area contributed by atoms with E-state index >= 15 is 0 Å². The van der Waals surface area contributed by atoms with Gasteiger partial charge < -0.3 is 5.32 Å². The lowest BCUT2D eigenvalue weighted by molar-refractivity contribution is -0.113. The van der Waals surface area contributed by atoms with Gasteiger partial charge in [-0.2, -0.15) is 0 Å². The molecule has 1 amide bonds. The van der Waals surface area contributed by atoms with E-state index < -0.39 is 0 Å². The summed E-state index contributed by atoms with van der Waals surface area (Å²) in [5.41, 5.74) is 2.24. The minimum Gasteiger partial charge on any atom is -0.325 e. The van der Waals surface area contributed by atoms with E-state index in [4.69, 9.17) is 4.98 Å². The molecule has 0 spiro atoms. The molecule has 0 aliphatic carbocycles. The standard InChI is InChI=1S/C25H23FN4O2S2/c1-2-29-13-12-19-20(14-29)34-23-22(19)24(32)30(18-6-4-3-5-7-18)25(28-23)33-15-21(31)27-17-10-8-16(26)9-11-17/h3-11H,2,12-15H2,1H3,(H,27,31). The molecule has 0 unspecified atom stereocenters. The molecule has 4 aromatic rings. The number of hydrogen-bond donors (Lipinski definition) is 1. The minimum absolute atomic E-state index is 0.0663. The number of thiophene rings is 1. The van der Waals surface area contributed by atoms with Gasteiger partial charge in [-0.25, -0.2) is 9.37 Å². The van der Waals surface area contributed by atoms with Crippen molar-refractivity contribution in [2.45, 2.75) is 25.0 Å². The lowest BCUT2D eigenvalue weighted by Crippen LogP contribution is -2.30. The predicted molar refractivity (Wildman–Crippen MR) is 136 cm³/mol. The van der Waals surface area contributed by atoms with Gasteiger partial charge in [0.15, 0.2) is 5.16 Å². The zero-order valence-electron chi connectivity index (χ0n) is 18.6. The number of benzene rings is 2. The van der Waals surface area contributed by atoms with Crippen molar-refractivity contribution >= 4 is 44.9 Å². The van der Waals surface area contributed by atoms with Crippen LogP contribution in [0, 0.1) is 5.82 Å². The molecule has 0 bridgehead atoms. The van der Waals surface area contributed by atoms with E-state index in [0.717, 1.165) is 36.4 Å². The van der Waals surface area contributed by atoms with E-state index in [-0.39, 0.29) is 23.0 Å². The van der Waals surface area contributed by atoms with Crippen molar-refractivity contribution in [3.8, 4) is 5.69 Å². The fourth-order valence-corrected chi connectivity index (χ4v) is 6.22. The van der Waals surface area contributed by atoms with Gasteiger partial charge in [-0.1, -0.05) is 36.9 Å². The van der Waals surface area contributed by atoms with Gasteiger partial charge in [-0.05, 0) is 54.9 Å². The molecule has 2 aromatic carbocycles. The summed E-state index contributed by atoms with van der Waals surface area (Å²) < 4.78 is 14.7. The number of nitrogens with zero attached hydrogens (tertiary/aromatic N) is 3. The highest BCUT2D eigenvalue weighted by Gasteiger charge is 2.25. The van der Waals surface area contributed by atoms with Gasteiger partial charge >= 0.3 is 0 Å². The Morgan fingerprint density at radius 2 is 1.94 bits per heavy atom. The van der Waals surface area contributed by atoms with Crippen LogP contribution in [0.3, 0.4) is 0 Å². The zero-order valence-corrected chi connectivity index (χ0v) is 20.2. The van der Waals surface area contributed by atoms with Gasteiger partial charge in [-0.3, -0.25) is 19.1 Å². The third kappa shape index (κ3) is 4.51. The van der Waals surface area contributed by atoms with Crippen LogP contribution in [0.5, 0.6) is 0 Å². The molecule has 1 N–H and O–H groups in total. The molecule has 1 aliphatic heterocycles. The normalized spacial score (nSPS) is 13.7. The number of aromatic nitrogens is 2. The first-order valence-electron chi connectivity index (χ1n) is 11.1. The number of fused-ring (bicyclic) bond motifs is 3. The number of halogens is 1. The molecule has 0 saturated carbocycles. The van der Waals surface area contributed by atoms with E-state index in [9.17, 15) is 14.0 Å². The molecule has 0 radical (unpaired) electrons. The Labute approximate surface area is 204 Å². The second-order valence-corrected chi connectivity index (χ2v) is 10.0. The van der Waals surface area contributed by atoms with Crippen LogP contribution in [-0.2, 0) is 17.8 Å². The number of amides is 1. The Balaban J connectivity index is 1.50. The van der Waals surface area contributed by atoms with Gasteiger partial charge in [-0.15, -0.1) is 11.3 Å². The Morgan fingerprint density at radius 3 is 2.68 bits per heavy atom. The van der Waals surface area contributed by atoms with Crippen LogP contribution < -0.4 is 10.9 Å². The van der Waals surface area contributed by atoms with Crippen LogP contribution in [0.25, 0.3) is 15.9 Å². The van der Waals surface area contributed by atoms with Gasteiger partial charge in [0.2, 0.25) is 5.91 Å². The molecule has 0 atom stereocenters. The number of carbonyl (C=O) groups is 1. The predicted octanol–water partition coefficient (Wildman–Crippen LogP) is 4.70. The van der Waals surface area contributed by atoms with E-state index in [1.54, 1.807) is 15.9 Å². The lowest BCUT2D eigenvalue weighted by atomic mass is 10.1. The molecule has 2 aromatic heterocycles. The second kappa shape index (κ2) is 9.69. The summed E-state index contributed by atoms with van der Waals surface area (Å²) in [6.07, 6.45) is 0.835. The van der Waals surface area contributed by atoms with Crippen molar-refractivity contribution in [2.75, 3.05) is 24.2 Å². The Hall–Kier alpha value is -3.01. The summed E-state index contributed by atoms with van der Waals surface area (Å²) in [7, 11) is 0. The Bertz CT molecular complexity index is 1400. The molecule has 0 fully saturated rings. The Morgan fingerprint density at radius 1 is 1.18 bits per heavy atom. The van der Waals surface area contributed by atoms with Gasteiger partial charge in [0.05, 0.1) is 16.8 Å². The Kier molecular flexibility index (Phi) is 6.49. The first kappa shape index (κ1) is 22.8. The first-order chi connectivity index (χ1) is 16.5. The number of hydrogen-bond acceptors (Lipinski definition) is 6. The number of anilines is 1. The largest absolute Gasteiger partial charge is 0.325 e. The van der Waals surface area contributed by atoms with Gasteiger partial charge in [0.25, 0.3) is 5.56 Å². The van der Waals surface area contributed by atoms with Crippen molar-refractivity contribution in [3.05, 3.63) is 81.2 Å². The van der Waals surface area contributed by atoms with Crippen LogP contribution in [0.2, 0.25) is 0 Å². The van der Waals surface area contributed by atoms with Crippen molar-refractivity contribution in [1.29, 1.82) is 0 Å². The molecule has 34 heavy (non-hydrogen) atoms. The van der Waals surface area contributed by atoms with E-state index in [2.05, 4.69) is 17.1 Å². The van der Waals surface area contributed by atoms with E-state index in [1.807, 2.05) is 30.3 Å². The fourth-order valence-electron chi connectivity index (χ4n) is 4.11. The van der Waals surface area contributed by atoms with E-state index in [1.165, 1.54) is 40.9 Å². The lowest BCUT2D eigenvalue weighted by Gasteiger charge is -2.25. The third-order valence-electron chi connectivity index (χ3n) is 5.84. The van der Waals surface area contributed by atoms with Crippen LogP contribution in [-0.4, -0.2) is 39.2 Å². The highest BCUT2D eigenvalue weighted by Crippen LogP contribution is 2.34. The highest BCUT2D eigenvalue weighted by molar-refractivity contribution is 7.99. The van der Waals surface area contributed by atoms with Crippen LogP contribution >= 0.6 is 23.1 Å². The number of para-hydroxylation sites is 1. The molecule has 0 saturated heterocycles. The van der Waals surface area contributed by atoms with Crippen LogP contribution in [0.1, 0.15) is 17.4 Å². The molecule has 3 heterocycles. The van der Waals surface area contributed by atoms with Crippen molar-refractivity contribution in [1.82, 2.24) is 14.5 Å². The molecule has 1 aliphatic rings. The maximum absolute atomic E-state index is 13.8. The second-order valence-electron chi connectivity index (χ2n) is 8.02. The third-order valence-corrected chi connectivity index (χ3v) is 7.89. The minimum atomic E-state index is -0.363. The molecule has 6 nitrogen and oxygen atoms in total.